The normalized spacial score (nSPS) is 20.3. The molecule has 1 N–H and O–H groups in total. The van der Waals surface area contributed by atoms with Gasteiger partial charge in [-0.1, -0.05) is 36.2 Å². The predicted molar refractivity (Wildman–Crippen MR) is 71.9 cm³/mol. The molecule has 0 aliphatic carbocycles. The Kier molecular flexibility index (Phi) is 3.93. The average Bonchev–Trinajstić information content (AvgIpc) is 2.39. The summed E-state index contributed by atoms with van der Waals surface area (Å²) in [5.41, 5.74) is -0.347. The van der Waals surface area contributed by atoms with Crippen molar-refractivity contribution in [2.24, 2.45) is 0 Å². The Morgan fingerprint density at radius 3 is 2.44 bits per heavy atom. The van der Waals surface area contributed by atoms with Gasteiger partial charge in [0.15, 0.2) is 0 Å². The van der Waals surface area contributed by atoms with Gasteiger partial charge in [0.2, 0.25) is 0 Å². The summed E-state index contributed by atoms with van der Waals surface area (Å²) < 4.78 is 0. The Hall–Kier alpha value is -1.06. The summed E-state index contributed by atoms with van der Waals surface area (Å²) in [7, 11) is 0. The fraction of sp³-hybridized carbons (Fsp3) is 0.500. The number of likely N-dealkylation sites (tertiary alicyclic amines) is 1. The fourth-order valence-corrected chi connectivity index (χ4v) is 2.94. The van der Waals surface area contributed by atoms with Crippen molar-refractivity contribution in [1.82, 2.24) is 4.90 Å². The molecule has 0 unspecified atom stereocenters. The number of benzene rings is 1. The molecule has 18 heavy (non-hydrogen) atoms. The number of aliphatic carboxylic acids is 1. The van der Waals surface area contributed by atoms with Crippen molar-refractivity contribution >= 4 is 17.6 Å². The van der Waals surface area contributed by atoms with Crippen LogP contribution in [0, 0.1) is 0 Å². The topological polar surface area (TPSA) is 40.5 Å². The maximum absolute atomic E-state index is 11.8. The number of piperidine rings is 1. The van der Waals surface area contributed by atoms with Crippen LogP contribution in [-0.2, 0) is 10.3 Å². The second kappa shape index (κ2) is 5.29. The summed E-state index contributed by atoms with van der Waals surface area (Å²) in [6.07, 6.45) is 3.27. The van der Waals surface area contributed by atoms with Crippen LogP contribution in [0.5, 0.6) is 0 Å². The van der Waals surface area contributed by atoms with Crippen LogP contribution in [0.25, 0.3) is 0 Å². The minimum Gasteiger partial charge on any atom is -0.480 e. The number of hydrogen-bond acceptors (Lipinski definition) is 2. The monoisotopic (exact) mass is 267 g/mol. The van der Waals surface area contributed by atoms with Crippen LogP contribution in [-0.4, -0.2) is 29.1 Å². The second-order valence-corrected chi connectivity index (χ2v) is 5.31. The number of nitrogens with zero attached hydrogens (tertiary/aromatic N) is 1. The van der Waals surface area contributed by atoms with Gasteiger partial charge in [-0.15, -0.1) is 0 Å². The molecule has 98 valence electrons. The molecular weight excluding hydrogens is 250 g/mol. The lowest BCUT2D eigenvalue weighted by atomic mass is 9.88. The third kappa shape index (κ3) is 2.25. The molecule has 0 aromatic heterocycles. The van der Waals surface area contributed by atoms with Gasteiger partial charge in [-0.25, -0.2) is 4.79 Å². The van der Waals surface area contributed by atoms with Gasteiger partial charge < -0.3 is 5.11 Å². The molecule has 1 fully saturated rings. The molecule has 0 radical (unpaired) electrons. The molecule has 3 nitrogen and oxygen atoms in total. The zero-order valence-electron chi connectivity index (χ0n) is 10.5. The second-order valence-electron chi connectivity index (χ2n) is 4.90. The first-order chi connectivity index (χ1) is 8.56. The fourth-order valence-electron chi connectivity index (χ4n) is 2.62. The highest BCUT2D eigenvalue weighted by Crippen LogP contribution is 2.35. The first-order valence-corrected chi connectivity index (χ1v) is 6.68. The zero-order valence-corrected chi connectivity index (χ0v) is 11.3. The molecule has 1 heterocycles. The van der Waals surface area contributed by atoms with Crippen molar-refractivity contribution < 1.29 is 9.90 Å². The largest absolute Gasteiger partial charge is 0.480 e. The Morgan fingerprint density at radius 1 is 1.28 bits per heavy atom. The van der Waals surface area contributed by atoms with Crippen molar-refractivity contribution in [3.8, 4) is 0 Å². The van der Waals surface area contributed by atoms with Crippen molar-refractivity contribution in [2.45, 2.75) is 31.7 Å². The number of carboxylic acids is 1. The quantitative estimate of drug-likeness (QED) is 0.915. The van der Waals surface area contributed by atoms with Crippen molar-refractivity contribution in [2.75, 3.05) is 13.1 Å². The molecule has 1 aromatic rings. The van der Waals surface area contributed by atoms with Gasteiger partial charge in [0.25, 0.3) is 0 Å². The molecule has 0 amide bonds. The van der Waals surface area contributed by atoms with E-state index in [0.717, 1.165) is 25.9 Å². The third-order valence-corrected chi connectivity index (χ3v) is 4.13. The number of hydrogen-bond donors (Lipinski definition) is 1. The van der Waals surface area contributed by atoms with E-state index in [0.29, 0.717) is 10.6 Å². The lowest BCUT2D eigenvalue weighted by Crippen LogP contribution is -2.52. The van der Waals surface area contributed by atoms with Gasteiger partial charge in [0, 0.05) is 10.6 Å². The van der Waals surface area contributed by atoms with Crippen LogP contribution < -0.4 is 0 Å². The minimum atomic E-state index is -1.03. The number of carboxylic acid groups (broad SMARTS) is 1. The smallest absolute Gasteiger partial charge is 0.328 e. The zero-order chi connectivity index (χ0) is 13.2. The van der Waals surface area contributed by atoms with Gasteiger partial charge in [0.05, 0.1) is 0 Å². The van der Waals surface area contributed by atoms with Gasteiger partial charge in [0.1, 0.15) is 5.54 Å². The average molecular weight is 268 g/mol. The summed E-state index contributed by atoms with van der Waals surface area (Å²) >= 11 is 6.18. The van der Waals surface area contributed by atoms with E-state index in [1.54, 1.807) is 13.0 Å². The van der Waals surface area contributed by atoms with E-state index in [1.165, 1.54) is 6.42 Å². The van der Waals surface area contributed by atoms with E-state index in [1.807, 2.05) is 23.1 Å². The van der Waals surface area contributed by atoms with E-state index in [2.05, 4.69) is 0 Å². The van der Waals surface area contributed by atoms with Gasteiger partial charge in [-0.3, -0.25) is 4.90 Å². The van der Waals surface area contributed by atoms with Crippen LogP contribution in [0.1, 0.15) is 31.7 Å². The van der Waals surface area contributed by atoms with Gasteiger partial charge in [-0.2, -0.15) is 0 Å². The summed E-state index contributed by atoms with van der Waals surface area (Å²) in [5, 5.41) is 10.2. The highest BCUT2D eigenvalue weighted by atomic mass is 35.5. The third-order valence-electron chi connectivity index (χ3n) is 3.80. The Labute approximate surface area is 112 Å². The SMILES string of the molecule is C[C@@](C(=O)O)(c1ccccc1Cl)N1CCCCC1. The van der Waals surface area contributed by atoms with E-state index in [-0.39, 0.29) is 0 Å². The molecule has 1 saturated heterocycles. The van der Waals surface area contributed by atoms with Crippen molar-refractivity contribution in [1.29, 1.82) is 0 Å². The standard InChI is InChI=1S/C14H18ClNO2/c1-14(13(17)18,16-9-5-2-6-10-16)11-7-3-4-8-12(11)15/h3-4,7-8H,2,5-6,9-10H2,1H3,(H,17,18)/t14-/m0/s1. The summed E-state index contributed by atoms with van der Waals surface area (Å²) in [4.78, 5) is 13.8. The lowest BCUT2D eigenvalue weighted by molar-refractivity contribution is -0.152. The maximum Gasteiger partial charge on any atom is 0.328 e. The molecule has 1 atom stereocenters. The highest BCUT2D eigenvalue weighted by Gasteiger charge is 2.42. The Balaban J connectivity index is 2.43. The molecular formula is C14H18ClNO2. The maximum atomic E-state index is 11.8. The highest BCUT2D eigenvalue weighted by molar-refractivity contribution is 6.31. The van der Waals surface area contributed by atoms with Crippen LogP contribution in [0.2, 0.25) is 5.02 Å². The summed E-state index contributed by atoms with van der Waals surface area (Å²) in [5.74, 6) is -0.836. The molecule has 0 spiro atoms. The first kappa shape index (κ1) is 13.4. The molecule has 1 aliphatic rings. The van der Waals surface area contributed by atoms with Gasteiger partial charge >= 0.3 is 5.97 Å². The van der Waals surface area contributed by atoms with Crippen LogP contribution in [0.15, 0.2) is 24.3 Å². The van der Waals surface area contributed by atoms with E-state index in [4.69, 9.17) is 11.6 Å². The van der Waals surface area contributed by atoms with Crippen molar-refractivity contribution in [3.05, 3.63) is 34.9 Å². The molecule has 4 heteroatoms. The predicted octanol–water partition coefficient (Wildman–Crippen LogP) is 3.13. The summed E-state index contributed by atoms with van der Waals surface area (Å²) in [6, 6.07) is 7.23. The van der Waals surface area contributed by atoms with Crippen LogP contribution >= 0.6 is 11.6 Å². The minimum absolute atomic E-state index is 0.521. The summed E-state index contributed by atoms with van der Waals surface area (Å²) in [6.45, 7) is 3.38. The van der Waals surface area contributed by atoms with E-state index in [9.17, 15) is 9.90 Å². The van der Waals surface area contributed by atoms with E-state index < -0.39 is 11.5 Å². The molecule has 0 bridgehead atoms. The molecule has 1 aromatic carbocycles. The molecule has 2 rings (SSSR count). The lowest BCUT2D eigenvalue weighted by Gasteiger charge is -2.40. The molecule has 1 aliphatic heterocycles. The number of halogens is 1. The van der Waals surface area contributed by atoms with Crippen LogP contribution in [0.4, 0.5) is 0 Å². The number of carbonyl (C=O) groups is 1. The number of rotatable bonds is 3. The van der Waals surface area contributed by atoms with Crippen molar-refractivity contribution in [3.63, 3.8) is 0 Å². The molecule has 0 saturated carbocycles. The van der Waals surface area contributed by atoms with Crippen LogP contribution in [0.3, 0.4) is 0 Å². The van der Waals surface area contributed by atoms with Gasteiger partial charge in [-0.05, 0) is 38.9 Å². The Bertz CT molecular complexity index is 443. The first-order valence-electron chi connectivity index (χ1n) is 6.30. The van der Waals surface area contributed by atoms with E-state index >= 15 is 0 Å². The Morgan fingerprint density at radius 2 is 1.89 bits per heavy atom.